The minimum absolute atomic E-state index is 0.0787. The van der Waals surface area contributed by atoms with Crippen molar-refractivity contribution in [1.82, 2.24) is 15.3 Å². The summed E-state index contributed by atoms with van der Waals surface area (Å²) in [5.74, 6) is -0.377. The first-order valence-corrected chi connectivity index (χ1v) is 8.33. The van der Waals surface area contributed by atoms with E-state index in [1.165, 1.54) is 12.1 Å². The second-order valence-electron chi connectivity index (χ2n) is 5.61. The van der Waals surface area contributed by atoms with Crippen LogP contribution in [0.3, 0.4) is 0 Å². The minimum atomic E-state index is -0.298. The SMILES string of the molecule is O=C1NCCc2[nH]c(-c3ccnc(-c4cccc(F)c4)c3)c(Br)c21. The van der Waals surface area contributed by atoms with Crippen molar-refractivity contribution in [1.29, 1.82) is 0 Å². The number of hydrogen-bond acceptors (Lipinski definition) is 2. The van der Waals surface area contributed by atoms with E-state index in [4.69, 9.17) is 0 Å². The van der Waals surface area contributed by atoms with Crippen LogP contribution < -0.4 is 5.32 Å². The molecule has 3 aromatic rings. The van der Waals surface area contributed by atoms with Crippen molar-refractivity contribution in [2.75, 3.05) is 6.54 Å². The van der Waals surface area contributed by atoms with Crippen molar-refractivity contribution in [2.24, 2.45) is 0 Å². The molecule has 0 radical (unpaired) electrons. The van der Waals surface area contributed by atoms with Gasteiger partial charge in [0.05, 0.1) is 21.4 Å². The van der Waals surface area contributed by atoms with Gasteiger partial charge in [0.1, 0.15) is 5.82 Å². The first-order chi connectivity index (χ1) is 11.6. The molecule has 4 rings (SSSR count). The standard InChI is InChI=1S/C18H13BrFN3O/c19-16-15-13(5-7-22-18(15)24)23-17(16)11-4-6-21-14(9-11)10-2-1-3-12(20)8-10/h1-4,6,8-9,23H,5,7H2,(H,22,24). The summed E-state index contributed by atoms with van der Waals surface area (Å²) in [5.41, 5.74) is 4.68. The molecular weight excluding hydrogens is 373 g/mol. The fourth-order valence-corrected chi connectivity index (χ4v) is 3.68. The molecule has 2 aromatic heterocycles. The summed E-state index contributed by atoms with van der Waals surface area (Å²) in [7, 11) is 0. The molecule has 3 heterocycles. The molecule has 0 bridgehead atoms. The number of carbonyl (C=O) groups excluding carboxylic acids is 1. The number of H-pyrrole nitrogens is 1. The van der Waals surface area contributed by atoms with Crippen LogP contribution in [0.5, 0.6) is 0 Å². The lowest BCUT2D eigenvalue weighted by Gasteiger charge is -2.11. The molecule has 0 unspecified atom stereocenters. The number of pyridine rings is 1. The molecule has 1 aliphatic heterocycles. The zero-order valence-electron chi connectivity index (χ0n) is 12.6. The Morgan fingerprint density at radius 2 is 2.04 bits per heavy atom. The van der Waals surface area contributed by atoms with E-state index in [1.54, 1.807) is 12.3 Å². The van der Waals surface area contributed by atoms with E-state index in [0.717, 1.165) is 27.8 Å². The molecule has 0 aliphatic carbocycles. The van der Waals surface area contributed by atoms with Crippen LogP contribution in [-0.2, 0) is 6.42 Å². The van der Waals surface area contributed by atoms with E-state index >= 15 is 0 Å². The normalized spacial score (nSPS) is 13.5. The van der Waals surface area contributed by atoms with Crippen LogP contribution in [0.2, 0.25) is 0 Å². The quantitative estimate of drug-likeness (QED) is 0.701. The Bertz CT molecular complexity index is 951. The number of rotatable bonds is 2. The molecule has 1 aliphatic rings. The number of amides is 1. The zero-order valence-corrected chi connectivity index (χ0v) is 14.2. The first-order valence-electron chi connectivity index (χ1n) is 7.54. The molecule has 2 N–H and O–H groups in total. The number of carbonyl (C=O) groups is 1. The minimum Gasteiger partial charge on any atom is -0.357 e. The third-order valence-corrected chi connectivity index (χ3v) is 4.87. The number of benzene rings is 1. The van der Waals surface area contributed by atoms with E-state index in [9.17, 15) is 9.18 Å². The van der Waals surface area contributed by atoms with E-state index in [2.05, 4.69) is 31.2 Å². The average Bonchev–Trinajstić information content (AvgIpc) is 2.93. The van der Waals surface area contributed by atoms with Crippen LogP contribution in [-0.4, -0.2) is 22.4 Å². The van der Waals surface area contributed by atoms with Crippen LogP contribution in [0.1, 0.15) is 16.1 Å². The highest BCUT2D eigenvalue weighted by molar-refractivity contribution is 9.10. The largest absolute Gasteiger partial charge is 0.357 e. The maximum absolute atomic E-state index is 13.5. The number of aromatic amines is 1. The lowest BCUT2D eigenvalue weighted by molar-refractivity contribution is 0.0945. The van der Waals surface area contributed by atoms with Crippen molar-refractivity contribution in [2.45, 2.75) is 6.42 Å². The second kappa shape index (κ2) is 5.87. The van der Waals surface area contributed by atoms with Crippen molar-refractivity contribution in [3.8, 4) is 22.5 Å². The summed E-state index contributed by atoms with van der Waals surface area (Å²) in [6.07, 6.45) is 2.45. The van der Waals surface area contributed by atoms with Gasteiger partial charge in [0.2, 0.25) is 0 Å². The molecule has 24 heavy (non-hydrogen) atoms. The number of fused-ring (bicyclic) bond motifs is 1. The van der Waals surface area contributed by atoms with Crippen LogP contribution in [0.4, 0.5) is 4.39 Å². The third-order valence-electron chi connectivity index (χ3n) is 4.07. The van der Waals surface area contributed by atoms with E-state index < -0.39 is 0 Å². The van der Waals surface area contributed by atoms with Gasteiger partial charge in [0.25, 0.3) is 5.91 Å². The van der Waals surface area contributed by atoms with Gasteiger partial charge in [0, 0.05) is 36.0 Å². The molecule has 1 aromatic carbocycles. The molecule has 0 saturated heterocycles. The van der Waals surface area contributed by atoms with Crippen LogP contribution in [0.25, 0.3) is 22.5 Å². The summed E-state index contributed by atoms with van der Waals surface area (Å²) < 4.78 is 14.2. The molecule has 0 atom stereocenters. The van der Waals surface area contributed by atoms with Crippen molar-refractivity contribution >= 4 is 21.8 Å². The van der Waals surface area contributed by atoms with Crippen molar-refractivity contribution in [3.63, 3.8) is 0 Å². The predicted octanol–water partition coefficient (Wildman–Crippen LogP) is 3.93. The number of nitrogens with zero attached hydrogens (tertiary/aromatic N) is 1. The maximum Gasteiger partial charge on any atom is 0.254 e. The molecule has 0 fully saturated rings. The molecule has 1 amide bonds. The van der Waals surface area contributed by atoms with Crippen molar-refractivity contribution in [3.05, 3.63) is 64.1 Å². The van der Waals surface area contributed by atoms with Gasteiger partial charge < -0.3 is 10.3 Å². The first kappa shape index (κ1) is 15.1. The fourth-order valence-electron chi connectivity index (χ4n) is 2.93. The van der Waals surface area contributed by atoms with Crippen molar-refractivity contribution < 1.29 is 9.18 Å². The molecule has 6 heteroatoms. The third kappa shape index (κ3) is 2.53. The molecule has 0 spiro atoms. The second-order valence-corrected chi connectivity index (χ2v) is 6.41. The van der Waals surface area contributed by atoms with Crippen LogP contribution >= 0.6 is 15.9 Å². The van der Waals surface area contributed by atoms with E-state index in [1.807, 2.05) is 18.2 Å². The molecule has 4 nitrogen and oxygen atoms in total. The Labute approximate surface area is 146 Å². The van der Waals surface area contributed by atoms with Crippen LogP contribution in [0.15, 0.2) is 47.1 Å². The number of hydrogen-bond donors (Lipinski definition) is 2. The average molecular weight is 386 g/mol. The lowest BCUT2D eigenvalue weighted by atomic mass is 10.1. The van der Waals surface area contributed by atoms with Gasteiger partial charge >= 0.3 is 0 Å². The van der Waals surface area contributed by atoms with Gasteiger partial charge in [-0.25, -0.2) is 4.39 Å². The topological polar surface area (TPSA) is 57.8 Å². The van der Waals surface area contributed by atoms with Gasteiger partial charge in [-0.1, -0.05) is 12.1 Å². The van der Waals surface area contributed by atoms with Gasteiger partial charge in [-0.2, -0.15) is 0 Å². The Balaban J connectivity index is 1.81. The number of halogens is 2. The molecule has 0 saturated carbocycles. The molecular formula is C18H13BrFN3O. The Morgan fingerprint density at radius 1 is 1.17 bits per heavy atom. The Morgan fingerprint density at radius 3 is 2.83 bits per heavy atom. The summed E-state index contributed by atoms with van der Waals surface area (Å²) >= 11 is 3.53. The monoisotopic (exact) mass is 385 g/mol. The smallest absolute Gasteiger partial charge is 0.254 e. The van der Waals surface area contributed by atoms with E-state index in [0.29, 0.717) is 23.4 Å². The summed E-state index contributed by atoms with van der Waals surface area (Å²) in [4.78, 5) is 19.7. The zero-order chi connectivity index (χ0) is 16.7. The number of aromatic nitrogens is 2. The predicted molar refractivity (Wildman–Crippen MR) is 93.2 cm³/mol. The van der Waals surface area contributed by atoms with Gasteiger partial charge in [-0.3, -0.25) is 9.78 Å². The molecule has 120 valence electrons. The summed E-state index contributed by atoms with van der Waals surface area (Å²) in [5, 5.41) is 2.84. The van der Waals surface area contributed by atoms with Crippen LogP contribution in [0, 0.1) is 5.82 Å². The van der Waals surface area contributed by atoms with E-state index in [-0.39, 0.29) is 11.7 Å². The van der Waals surface area contributed by atoms with Gasteiger partial charge in [-0.15, -0.1) is 0 Å². The summed E-state index contributed by atoms with van der Waals surface area (Å²) in [6, 6.07) is 10.1. The Hall–Kier alpha value is -2.47. The highest BCUT2D eigenvalue weighted by atomic mass is 79.9. The summed E-state index contributed by atoms with van der Waals surface area (Å²) in [6.45, 7) is 0.628. The maximum atomic E-state index is 13.5. The highest BCUT2D eigenvalue weighted by Gasteiger charge is 2.25. The lowest BCUT2D eigenvalue weighted by Crippen LogP contribution is -2.31. The van der Waals surface area contributed by atoms with Gasteiger partial charge in [0.15, 0.2) is 0 Å². The fraction of sp³-hybridized carbons (Fsp3) is 0.111. The number of nitrogens with one attached hydrogen (secondary N) is 2. The Kier molecular flexibility index (Phi) is 3.69. The van der Waals surface area contributed by atoms with Gasteiger partial charge in [-0.05, 0) is 40.2 Å². The highest BCUT2D eigenvalue weighted by Crippen LogP contribution is 2.35.